The van der Waals surface area contributed by atoms with Crippen molar-refractivity contribution in [3.63, 3.8) is 0 Å². The smallest absolute Gasteiger partial charge is 0.292 e. The molecule has 1 N–H and O–H groups in total. The molecule has 12 heavy (non-hydrogen) atoms. The van der Waals surface area contributed by atoms with Crippen LogP contribution in [0.2, 0.25) is 0 Å². The minimum absolute atomic E-state index is 0.0146. The number of epoxide rings is 1. The topological polar surface area (TPSA) is 76.1 Å². The van der Waals surface area contributed by atoms with Gasteiger partial charge in [-0.15, -0.1) is 0 Å². The summed E-state index contributed by atoms with van der Waals surface area (Å²) in [7, 11) is -4.06. The Balaban J connectivity index is 2.34. The Labute approximate surface area is 71.4 Å². The van der Waals surface area contributed by atoms with Crippen LogP contribution in [-0.4, -0.2) is 37.7 Å². The van der Waals surface area contributed by atoms with Crippen LogP contribution in [0.3, 0.4) is 0 Å². The molecule has 1 aliphatic rings. The van der Waals surface area contributed by atoms with Gasteiger partial charge in [0.15, 0.2) is 5.44 Å². The summed E-state index contributed by atoms with van der Waals surface area (Å²) in [6, 6.07) is 0. The summed E-state index contributed by atoms with van der Waals surface area (Å²) < 4.78 is 39.5. The Bertz CT molecular complexity index is 230. The van der Waals surface area contributed by atoms with Crippen molar-refractivity contribution in [3.8, 4) is 0 Å². The van der Waals surface area contributed by atoms with Gasteiger partial charge in [-0.2, -0.15) is 8.42 Å². The first-order chi connectivity index (χ1) is 5.54. The Morgan fingerprint density at radius 1 is 1.75 bits per heavy atom. The Morgan fingerprint density at radius 2 is 2.33 bits per heavy atom. The van der Waals surface area contributed by atoms with E-state index in [1.54, 1.807) is 6.92 Å². The van der Waals surface area contributed by atoms with Crippen LogP contribution in [0.15, 0.2) is 0 Å². The van der Waals surface area contributed by atoms with Crippen LogP contribution in [0.5, 0.6) is 0 Å². The first-order valence-corrected chi connectivity index (χ1v) is 5.24. The zero-order valence-electron chi connectivity index (χ0n) is 6.76. The van der Waals surface area contributed by atoms with E-state index in [-0.39, 0.29) is 19.1 Å². The van der Waals surface area contributed by atoms with Crippen LogP contribution in [0, 0.1) is 0 Å². The molecule has 0 radical (unpaired) electrons. The first kappa shape index (κ1) is 9.91. The zero-order valence-corrected chi connectivity index (χ0v) is 7.58. The summed E-state index contributed by atoms with van der Waals surface area (Å²) >= 11 is 0. The molecule has 1 heterocycles. The summed E-state index contributed by atoms with van der Waals surface area (Å²) in [5, 5.41) is 0. The predicted molar refractivity (Wildman–Crippen MR) is 41.3 cm³/mol. The lowest BCUT2D eigenvalue weighted by Gasteiger charge is -2.11. The fourth-order valence-corrected chi connectivity index (χ4v) is 1.47. The lowest BCUT2D eigenvalue weighted by atomic mass is 10.5. The fourth-order valence-electron chi connectivity index (χ4n) is 0.793. The molecule has 0 aliphatic carbocycles. The highest BCUT2D eigenvalue weighted by molar-refractivity contribution is 7.86. The van der Waals surface area contributed by atoms with E-state index < -0.39 is 15.6 Å². The third-order valence-electron chi connectivity index (χ3n) is 1.54. The Hall–Kier alpha value is -0.170. The number of hydrogen-bond donors (Lipinski definition) is 1. The van der Waals surface area contributed by atoms with Gasteiger partial charge in [0.2, 0.25) is 0 Å². The molecule has 2 unspecified atom stereocenters. The molecule has 1 rings (SSSR count). The molecule has 0 bridgehead atoms. The van der Waals surface area contributed by atoms with Gasteiger partial charge < -0.3 is 9.47 Å². The average molecular weight is 196 g/mol. The average Bonchev–Trinajstić information content (AvgIpc) is 2.69. The normalized spacial score (nSPS) is 25.3. The molecule has 2 atom stereocenters. The van der Waals surface area contributed by atoms with Crippen LogP contribution in [0.4, 0.5) is 0 Å². The summed E-state index contributed by atoms with van der Waals surface area (Å²) in [6.07, 6.45) is 0.256. The Kier molecular flexibility index (Phi) is 3.05. The van der Waals surface area contributed by atoms with Gasteiger partial charge in [-0.25, -0.2) is 0 Å². The maximum Gasteiger partial charge on any atom is 0.292 e. The highest BCUT2D eigenvalue weighted by Gasteiger charge is 2.28. The molecule has 0 aromatic heterocycles. The lowest BCUT2D eigenvalue weighted by Crippen LogP contribution is -2.24. The van der Waals surface area contributed by atoms with Crippen molar-refractivity contribution >= 4 is 10.1 Å². The van der Waals surface area contributed by atoms with Gasteiger partial charge in [-0.05, 0) is 6.42 Å². The van der Waals surface area contributed by atoms with E-state index in [9.17, 15) is 8.42 Å². The van der Waals surface area contributed by atoms with Crippen molar-refractivity contribution in [1.29, 1.82) is 0 Å². The fraction of sp³-hybridized carbons (Fsp3) is 1.00. The maximum absolute atomic E-state index is 10.6. The largest absolute Gasteiger partial charge is 0.371 e. The second-order valence-corrected chi connectivity index (χ2v) is 4.20. The van der Waals surface area contributed by atoms with E-state index in [1.807, 2.05) is 0 Å². The van der Waals surface area contributed by atoms with Crippen molar-refractivity contribution in [1.82, 2.24) is 0 Å². The van der Waals surface area contributed by atoms with Crippen LogP contribution < -0.4 is 0 Å². The van der Waals surface area contributed by atoms with Crippen molar-refractivity contribution in [2.45, 2.75) is 24.9 Å². The molecule has 5 nitrogen and oxygen atoms in total. The molecule has 0 aromatic rings. The highest BCUT2D eigenvalue weighted by Crippen LogP contribution is 2.13. The lowest BCUT2D eigenvalue weighted by molar-refractivity contribution is 0.0829. The second kappa shape index (κ2) is 3.69. The predicted octanol–water partition coefficient (Wildman–Crippen LogP) is 0.0257. The van der Waals surface area contributed by atoms with Crippen LogP contribution in [0.1, 0.15) is 13.3 Å². The van der Waals surface area contributed by atoms with Crippen LogP contribution in [-0.2, 0) is 19.6 Å². The van der Waals surface area contributed by atoms with E-state index in [4.69, 9.17) is 14.0 Å². The maximum atomic E-state index is 10.6. The molecule has 0 aromatic carbocycles. The van der Waals surface area contributed by atoms with Gasteiger partial charge in [0.05, 0.1) is 13.2 Å². The van der Waals surface area contributed by atoms with Crippen molar-refractivity contribution in [3.05, 3.63) is 0 Å². The molecule has 1 fully saturated rings. The van der Waals surface area contributed by atoms with Crippen LogP contribution >= 0.6 is 0 Å². The van der Waals surface area contributed by atoms with Crippen molar-refractivity contribution in [2.75, 3.05) is 13.2 Å². The molecular weight excluding hydrogens is 184 g/mol. The molecule has 1 saturated heterocycles. The van der Waals surface area contributed by atoms with Crippen LogP contribution in [0.25, 0.3) is 0 Å². The molecule has 0 saturated carbocycles. The van der Waals surface area contributed by atoms with Gasteiger partial charge in [0, 0.05) is 0 Å². The standard InChI is InChI=1S/C6H12O5S/c1-2-6(12(7,8)9)11-4-5-3-10-5/h5-6H,2-4H2,1H3,(H,7,8,9). The summed E-state index contributed by atoms with van der Waals surface area (Å²) in [4.78, 5) is 0. The molecule has 72 valence electrons. The van der Waals surface area contributed by atoms with E-state index >= 15 is 0 Å². The first-order valence-electron chi connectivity index (χ1n) is 3.73. The van der Waals surface area contributed by atoms with Gasteiger partial charge in [-0.3, -0.25) is 4.55 Å². The number of ether oxygens (including phenoxy) is 2. The molecule has 0 spiro atoms. The van der Waals surface area contributed by atoms with E-state index in [0.29, 0.717) is 6.61 Å². The number of hydrogen-bond acceptors (Lipinski definition) is 4. The van der Waals surface area contributed by atoms with Crippen molar-refractivity contribution in [2.24, 2.45) is 0 Å². The number of rotatable bonds is 5. The van der Waals surface area contributed by atoms with Gasteiger partial charge in [0.25, 0.3) is 10.1 Å². The third-order valence-corrected chi connectivity index (χ3v) is 2.67. The molecular formula is C6H12O5S. The monoisotopic (exact) mass is 196 g/mol. The zero-order chi connectivity index (χ0) is 9.19. The van der Waals surface area contributed by atoms with Gasteiger partial charge in [0.1, 0.15) is 6.10 Å². The van der Waals surface area contributed by atoms with Gasteiger partial charge in [-0.1, -0.05) is 6.92 Å². The third kappa shape index (κ3) is 3.06. The summed E-state index contributed by atoms with van der Waals surface area (Å²) in [5.41, 5.74) is -1.11. The SMILES string of the molecule is CCC(OCC1CO1)S(=O)(=O)O. The molecule has 1 aliphatic heterocycles. The molecule has 6 heteroatoms. The van der Waals surface area contributed by atoms with E-state index in [1.165, 1.54) is 0 Å². The van der Waals surface area contributed by atoms with Gasteiger partial charge >= 0.3 is 0 Å². The second-order valence-electron chi connectivity index (χ2n) is 2.64. The minimum Gasteiger partial charge on any atom is -0.371 e. The van der Waals surface area contributed by atoms with Crippen molar-refractivity contribution < 1.29 is 22.4 Å². The quantitative estimate of drug-likeness (QED) is 0.495. The summed E-state index contributed by atoms with van der Waals surface area (Å²) in [6.45, 7) is 2.48. The Morgan fingerprint density at radius 3 is 2.67 bits per heavy atom. The summed E-state index contributed by atoms with van der Waals surface area (Å²) in [5.74, 6) is 0. The van der Waals surface area contributed by atoms with E-state index in [2.05, 4.69) is 0 Å². The highest BCUT2D eigenvalue weighted by atomic mass is 32.2. The molecule has 0 amide bonds. The van der Waals surface area contributed by atoms with E-state index in [0.717, 1.165) is 0 Å². The minimum atomic E-state index is -4.06.